The molecule has 0 atom stereocenters. The van der Waals surface area contributed by atoms with E-state index in [9.17, 15) is 17.6 Å². The van der Waals surface area contributed by atoms with Gasteiger partial charge in [-0.1, -0.05) is 0 Å². The van der Waals surface area contributed by atoms with E-state index in [2.05, 4.69) is 14.7 Å². The third-order valence-electron chi connectivity index (χ3n) is 2.41. The highest BCUT2D eigenvalue weighted by Gasteiger charge is 2.42. The summed E-state index contributed by atoms with van der Waals surface area (Å²) in [5.74, 6) is -3.77. The fraction of sp³-hybridized carbons (Fsp3) is 0.600. The van der Waals surface area contributed by atoms with Crippen molar-refractivity contribution in [3.8, 4) is 5.88 Å². The summed E-state index contributed by atoms with van der Waals surface area (Å²) in [6.07, 6.45) is -1.98. The number of nitrogens with two attached hydrogens (primary N) is 1. The van der Waals surface area contributed by atoms with Crippen molar-refractivity contribution in [1.82, 2.24) is 9.97 Å². The van der Waals surface area contributed by atoms with E-state index in [1.54, 1.807) is 0 Å². The average molecular weight is 265 g/mol. The molecule has 0 aromatic carbocycles. The number of ether oxygens (including phenoxy) is 1. The zero-order valence-electron chi connectivity index (χ0n) is 9.25. The number of anilines is 1. The van der Waals surface area contributed by atoms with Crippen LogP contribution in [0.3, 0.4) is 0 Å². The molecule has 1 fully saturated rings. The first kappa shape index (κ1) is 12.8. The van der Waals surface area contributed by atoms with Gasteiger partial charge in [0.05, 0.1) is 0 Å². The summed E-state index contributed by atoms with van der Waals surface area (Å²) in [5, 5.41) is 0. The van der Waals surface area contributed by atoms with Crippen molar-refractivity contribution in [3.63, 3.8) is 0 Å². The van der Waals surface area contributed by atoms with Gasteiger partial charge in [0, 0.05) is 12.0 Å². The Morgan fingerprint density at radius 1 is 1.39 bits per heavy atom. The Hall–Kier alpha value is -1.60. The Labute approximate surface area is 100 Å². The Morgan fingerprint density at radius 3 is 2.61 bits per heavy atom. The maximum absolute atomic E-state index is 12.7. The molecule has 2 rings (SSSR count). The zero-order chi connectivity index (χ0) is 13.3. The number of halogens is 4. The maximum atomic E-state index is 12.7. The summed E-state index contributed by atoms with van der Waals surface area (Å²) in [6.45, 7) is -1.44. The van der Waals surface area contributed by atoms with Crippen LogP contribution in [0.1, 0.15) is 24.6 Å². The zero-order valence-corrected chi connectivity index (χ0v) is 9.25. The molecular formula is C10H11F4N3O. The van der Waals surface area contributed by atoms with Crippen LogP contribution in [0.4, 0.5) is 23.4 Å². The molecule has 4 nitrogen and oxygen atoms in total. The highest BCUT2D eigenvalue weighted by Crippen LogP contribution is 2.38. The highest BCUT2D eigenvalue weighted by atomic mass is 19.3. The van der Waals surface area contributed by atoms with E-state index in [4.69, 9.17) is 5.73 Å². The summed E-state index contributed by atoms with van der Waals surface area (Å²) < 4.78 is 53.7. The first-order valence-electron chi connectivity index (χ1n) is 5.32. The average Bonchev–Trinajstić information content (AvgIpc) is 3.09. The summed E-state index contributed by atoms with van der Waals surface area (Å²) in [7, 11) is 0. The van der Waals surface area contributed by atoms with Crippen LogP contribution in [0.2, 0.25) is 0 Å². The molecule has 1 aliphatic carbocycles. The molecule has 100 valence electrons. The van der Waals surface area contributed by atoms with Gasteiger partial charge in [0.15, 0.2) is 6.61 Å². The van der Waals surface area contributed by atoms with Crippen molar-refractivity contribution in [3.05, 3.63) is 11.9 Å². The first-order chi connectivity index (χ1) is 8.38. The van der Waals surface area contributed by atoms with E-state index in [1.165, 1.54) is 0 Å². The number of rotatable bonds is 5. The van der Waals surface area contributed by atoms with Crippen molar-refractivity contribution in [2.45, 2.75) is 31.1 Å². The normalized spacial score (nSPS) is 16.1. The van der Waals surface area contributed by atoms with Gasteiger partial charge in [0.2, 0.25) is 5.88 Å². The van der Waals surface area contributed by atoms with Crippen molar-refractivity contribution in [2.75, 3.05) is 12.3 Å². The SMILES string of the molecule is Nc1cc(OCC(F)(F)C(F)F)nc(C2CC2)n1. The summed E-state index contributed by atoms with van der Waals surface area (Å²) in [6, 6.07) is 1.13. The molecule has 0 bridgehead atoms. The van der Waals surface area contributed by atoms with E-state index < -0.39 is 19.0 Å². The monoisotopic (exact) mass is 265 g/mol. The van der Waals surface area contributed by atoms with Crippen molar-refractivity contribution in [2.24, 2.45) is 0 Å². The van der Waals surface area contributed by atoms with E-state index in [1.807, 2.05) is 0 Å². The van der Waals surface area contributed by atoms with Crippen molar-refractivity contribution < 1.29 is 22.3 Å². The minimum atomic E-state index is -4.21. The predicted molar refractivity (Wildman–Crippen MR) is 54.9 cm³/mol. The largest absolute Gasteiger partial charge is 0.471 e. The highest BCUT2D eigenvalue weighted by molar-refractivity contribution is 5.34. The smallest absolute Gasteiger partial charge is 0.340 e. The standard InChI is InChI=1S/C10H11F4N3O/c11-9(12)10(13,14)4-18-7-3-6(15)16-8(17-7)5-1-2-5/h3,5,9H,1-2,4H2,(H2,15,16,17). The van der Waals surface area contributed by atoms with Gasteiger partial charge in [0.25, 0.3) is 0 Å². The molecule has 0 aliphatic heterocycles. The van der Waals surface area contributed by atoms with Gasteiger partial charge in [0.1, 0.15) is 11.6 Å². The molecule has 1 aromatic heterocycles. The fourth-order valence-electron chi connectivity index (χ4n) is 1.29. The lowest BCUT2D eigenvalue weighted by Gasteiger charge is -2.15. The third kappa shape index (κ3) is 2.99. The lowest BCUT2D eigenvalue weighted by molar-refractivity contribution is -0.148. The van der Waals surface area contributed by atoms with Gasteiger partial charge in [-0.15, -0.1) is 0 Å². The number of hydrogen-bond acceptors (Lipinski definition) is 4. The minimum absolute atomic E-state index is 0.0715. The topological polar surface area (TPSA) is 61.0 Å². The summed E-state index contributed by atoms with van der Waals surface area (Å²) in [4.78, 5) is 7.79. The predicted octanol–water partition coefficient (Wildman–Crippen LogP) is 2.22. The van der Waals surface area contributed by atoms with Gasteiger partial charge >= 0.3 is 12.3 Å². The number of hydrogen-bond donors (Lipinski definition) is 1. The van der Waals surface area contributed by atoms with Gasteiger partial charge in [-0.05, 0) is 12.8 Å². The quantitative estimate of drug-likeness (QED) is 0.829. The summed E-state index contributed by atoms with van der Waals surface area (Å²) >= 11 is 0. The second kappa shape index (κ2) is 4.58. The van der Waals surface area contributed by atoms with Gasteiger partial charge in [-0.25, -0.2) is 13.8 Å². The van der Waals surface area contributed by atoms with Crippen LogP contribution in [0, 0.1) is 0 Å². The Bertz CT molecular complexity index is 437. The molecule has 1 aliphatic rings. The first-order valence-corrected chi connectivity index (χ1v) is 5.32. The molecular weight excluding hydrogens is 254 g/mol. The molecule has 1 aromatic rings. The van der Waals surface area contributed by atoms with Gasteiger partial charge in [-0.3, -0.25) is 0 Å². The number of nitrogens with zero attached hydrogens (tertiary/aromatic N) is 2. The number of aromatic nitrogens is 2. The Kier molecular flexibility index (Phi) is 3.27. The van der Waals surface area contributed by atoms with Crippen LogP contribution in [-0.4, -0.2) is 28.9 Å². The van der Waals surface area contributed by atoms with Crippen molar-refractivity contribution >= 4 is 5.82 Å². The van der Waals surface area contributed by atoms with Crippen molar-refractivity contribution in [1.29, 1.82) is 0 Å². The molecule has 0 radical (unpaired) electrons. The lowest BCUT2D eigenvalue weighted by atomic mass is 10.3. The van der Waals surface area contributed by atoms with E-state index in [0.717, 1.165) is 18.9 Å². The molecule has 18 heavy (non-hydrogen) atoms. The third-order valence-corrected chi connectivity index (χ3v) is 2.41. The van der Waals surface area contributed by atoms with E-state index in [-0.39, 0.29) is 17.6 Å². The van der Waals surface area contributed by atoms with Gasteiger partial charge in [-0.2, -0.15) is 13.8 Å². The molecule has 2 N–H and O–H groups in total. The number of nitrogen functional groups attached to an aromatic ring is 1. The fourth-order valence-corrected chi connectivity index (χ4v) is 1.29. The van der Waals surface area contributed by atoms with E-state index >= 15 is 0 Å². The minimum Gasteiger partial charge on any atom is -0.471 e. The van der Waals surface area contributed by atoms with Crippen LogP contribution in [0.5, 0.6) is 5.88 Å². The van der Waals surface area contributed by atoms with Crippen LogP contribution in [0.25, 0.3) is 0 Å². The molecule has 8 heteroatoms. The molecule has 1 heterocycles. The Balaban J connectivity index is 2.05. The Morgan fingerprint density at radius 2 is 2.06 bits per heavy atom. The van der Waals surface area contributed by atoms with Crippen LogP contribution in [0.15, 0.2) is 6.07 Å². The second-order valence-electron chi connectivity index (χ2n) is 4.11. The molecule has 0 spiro atoms. The lowest BCUT2D eigenvalue weighted by Crippen LogP contribution is -2.34. The summed E-state index contributed by atoms with van der Waals surface area (Å²) in [5.41, 5.74) is 5.46. The maximum Gasteiger partial charge on any atom is 0.340 e. The van der Waals surface area contributed by atoms with Crippen LogP contribution < -0.4 is 10.5 Å². The van der Waals surface area contributed by atoms with Crippen LogP contribution in [-0.2, 0) is 0 Å². The molecule has 0 unspecified atom stereocenters. The number of alkyl halides is 4. The molecule has 1 saturated carbocycles. The van der Waals surface area contributed by atoms with Crippen LogP contribution >= 0.6 is 0 Å². The van der Waals surface area contributed by atoms with Gasteiger partial charge < -0.3 is 10.5 Å². The van der Waals surface area contributed by atoms with E-state index in [0.29, 0.717) is 5.82 Å². The second-order valence-corrected chi connectivity index (χ2v) is 4.11. The molecule has 0 amide bonds. The molecule has 0 saturated heterocycles.